The molecule has 0 unspecified atom stereocenters. The first-order valence-corrected chi connectivity index (χ1v) is 4.51. The highest BCUT2D eigenvalue weighted by molar-refractivity contribution is 5.36. The summed E-state index contributed by atoms with van der Waals surface area (Å²) < 4.78 is 10.7. The molecule has 0 saturated heterocycles. The van der Waals surface area contributed by atoms with Gasteiger partial charge in [-0.15, -0.1) is 0 Å². The third-order valence-corrected chi connectivity index (χ3v) is 2.14. The van der Waals surface area contributed by atoms with Crippen molar-refractivity contribution in [2.24, 2.45) is 5.92 Å². The van der Waals surface area contributed by atoms with E-state index in [0.29, 0.717) is 0 Å². The first-order valence-electron chi connectivity index (χ1n) is 4.51. The van der Waals surface area contributed by atoms with Gasteiger partial charge in [0.2, 0.25) is 0 Å². The topological polar surface area (TPSA) is 31.4 Å². The molecular formula is C10H13NO2. The van der Waals surface area contributed by atoms with Crippen LogP contribution in [0.1, 0.15) is 12.8 Å². The summed E-state index contributed by atoms with van der Waals surface area (Å²) in [4.78, 5) is 3.99. The molecule has 1 aromatic rings. The van der Waals surface area contributed by atoms with E-state index in [2.05, 4.69) is 4.98 Å². The Morgan fingerprint density at radius 1 is 1.46 bits per heavy atom. The number of pyridine rings is 1. The normalized spacial score (nSPS) is 15.5. The molecule has 13 heavy (non-hydrogen) atoms. The minimum atomic E-state index is 0.747. The summed E-state index contributed by atoms with van der Waals surface area (Å²) in [6.07, 6.45) is 5.98. The van der Waals surface area contributed by atoms with Crippen LogP contribution in [0.3, 0.4) is 0 Å². The van der Waals surface area contributed by atoms with Gasteiger partial charge in [0.05, 0.1) is 19.9 Å². The largest absolute Gasteiger partial charge is 0.493 e. The second-order valence-electron chi connectivity index (χ2n) is 3.28. The Labute approximate surface area is 77.7 Å². The highest BCUT2D eigenvalue weighted by Crippen LogP contribution is 2.31. The summed E-state index contributed by atoms with van der Waals surface area (Å²) in [7, 11) is 1.64. The van der Waals surface area contributed by atoms with E-state index in [9.17, 15) is 0 Å². The highest BCUT2D eigenvalue weighted by atomic mass is 16.5. The third kappa shape index (κ3) is 2.11. The predicted octanol–water partition coefficient (Wildman–Crippen LogP) is 1.88. The molecule has 1 saturated carbocycles. The predicted molar refractivity (Wildman–Crippen MR) is 49.0 cm³/mol. The number of ether oxygens (including phenoxy) is 2. The van der Waals surface area contributed by atoms with E-state index in [1.807, 2.05) is 6.07 Å². The number of hydrogen-bond donors (Lipinski definition) is 0. The van der Waals surface area contributed by atoms with Gasteiger partial charge in [0, 0.05) is 12.3 Å². The van der Waals surface area contributed by atoms with Gasteiger partial charge in [0.15, 0.2) is 11.5 Å². The Morgan fingerprint density at radius 2 is 2.31 bits per heavy atom. The zero-order valence-electron chi connectivity index (χ0n) is 7.69. The van der Waals surface area contributed by atoms with Crippen molar-refractivity contribution in [1.82, 2.24) is 4.98 Å². The van der Waals surface area contributed by atoms with Gasteiger partial charge in [-0.3, -0.25) is 4.98 Å². The van der Waals surface area contributed by atoms with Gasteiger partial charge >= 0.3 is 0 Å². The maximum absolute atomic E-state index is 5.56. The molecule has 0 N–H and O–H groups in total. The first kappa shape index (κ1) is 8.35. The monoisotopic (exact) mass is 179 g/mol. The van der Waals surface area contributed by atoms with Gasteiger partial charge in [-0.2, -0.15) is 0 Å². The summed E-state index contributed by atoms with van der Waals surface area (Å²) in [6, 6.07) is 1.81. The Balaban J connectivity index is 1.99. The zero-order valence-corrected chi connectivity index (χ0v) is 7.69. The molecule has 3 heteroatoms. The standard InChI is InChI=1S/C10H13NO2/c1-12-9-4-5-11-6-10(9)13-7-8-2-3-8/h4-6,8H,2-3,7H2,1H3. The Kier molecular flexibility index (Phi) is 2.34. The van der Waals surface area contributed by atoms with Gasteiger partial charge in [0.1, 0.15) is 0 Å². The Morgan fingerprint density at radius 3 is 3.00 bits per heavy atom. The van der Waals surface area contributed by atoms with Crippen LogP contribution in [0.15, 0.2) is 18.5 Å². The molecule has 0 spiro atoms. The van der Waals surface area contributed by atoms with E-state index in [1.165, 1.54) is 12.8 Å². The molecule has 0 radical (unpaired) electrons. The van der Waals surface area contributed by atoms with Crippen molar-refractivity contribution >= 4 is 0 Å². The first-order chi connectivity index (χ1) is 6.40. The molecule has 70 valence electrons. The molecule has 1 aliphatic rings. The fraction of sp³-hybridized carbons (Fsp3) is 0.500. The molecule has 0 atom stereocenters. The number of hydrogen-bond acceptors (Lipinski definition) is 3. The van der Waals surface area contributed by atoms with Gasteiger partial charge < -0.3 is 9.47 Å². The van der Waals surface area contributed by atoms with Gasteiger partial charge in [-0.05, 0) is 18.8 Å². The van der Waals surface area contributed by atoms with Crippen LogP contribution < -0.4 is 9.47 Å². The summed E-state index contributed by atoms with van der Waals surface area (Å²) in [5, 5.41) is 0. The lowest BCUT2D eigenvalue weighted by atomic mass is 10.4. The maximum atomic E-state index is 5.56. The molecule has 1 aliphatic carbocycles. The lowest BCUT2D eigenvalue weighted by molar-refractivity contribution is 0.279. The average Bonchev–Trinajstić information content (AvgIpc) is 2.99. The quantitative estimate of drug-likeness (QED) is 0.707. The number of nitrogens with zero attached hydrogens (tertiary/aromatic N) is 1. The highest BCUT2D eigenvalue weighted by Gasteiger charge is 2.22. The number of methoxy groups -OCH3 is 1. The molecule has 2 rings (SSSR count). The summed E-state index contributed by atoms with van der Waals surface area (Å²) in [5.41, 5.74) is 0. The number of aromatic nitrogens is 1. The summed E-state index contributed by atoms with van der Waals surface area (Å²) in [5.74, 6) is 2.26. The van der Waals surface area contributed by atoms with Crippen LogP contribution in [0.2, 0.25) is 0 Å². The maximum Gasteiger partial charge on any atom is 0.179 e. The fourth-order valence-corrected chi connectivity index (χ4v) is 1.14. The van der Waals surface area contributed by atoms with Crippen LogP contribution in [0.4, 0.5) is 0 Å². The van der Waals surface area contributed by atoms with Crippen molar-refractivity contribution in [2.75, 3.05) is 13.7 Å². The number of rotatable bonds is 4. The van der Waals surface area contributed by atoms with Gasteiger partial charge in [-0.25, -0.2) is 0 Å². The molecule has 0 amide bonds. The second-order valence-corrected chi connectivity index (χ2v) is 3.28. The Hall–Kier alpha value is -1.25. The minimum Gasteiger partial charge on any atom is -0.493 e. The molecule has 1 fully saturated rings. The van der Waals surface area contributed by atoms with Crippen LogP contribution in [0.5, 0.6) is 11.5 Å². The van der Waals surface area contributed by atoms with Crippen molar-refractivity contribution in [3.8, 4) is 11.5 Å². The van der Waals surface area contributed by atoms with Crippen LogP contribution in [0, 0.1) is 5.92 Å². The van der Waals surface area contributed by atoms with Crippen LogP contribution >= 0.6 is 0 Å². The SMILES string of the molecule is COc1ccncc1OCC1CC1. The van der Waals surface area contributed by atoms with Crippen LogP contribution in [-0.4, -0.2) is 18.7 Å². The van der Waals surface area contributed by atoms with Gasteiger partial charge in [-0.1, -0.05) is 0 Å². The molecule has 1 heterocycles. The minimum absolute atomic E-state index is 0.747. The van der Waals surface area contributed by atoms with E-state index in [-0.39, 0.29) is 0 Å². The van der Waals surface area contributed by atoms with Crippen LogP contribution in [0.25, 0.3) is 0 Å². The second kappa shape index (κ2) is 3.64. The molecule has 3 nitrogen and oxygen atoms in total. The van der Waals surface area contributed by atoms with E-state index >= 15 is 0 Å². The molecule has 0 aromatic carbocycles. The lowest BCUT2D eigenvalue weighted by Crippen LogP contribution is -2.00. The fourth-order valence-electron chi connectivity index (χ4n) is 1.14. The molecule has 0 aliphatic heterocycles. The van der Waals surface area contributed by atoms with E-state index < -0.39 is 0 Å². The zero-order chi connectivity index (χ0) is 9.10. The average molecular weight is 179 g/mol. The molecular weight excluding hydrogens is 166 g/mol. The van der Waals surface area contributed by atoms with E-state index in [4.69, 9.17) is 9.47 Å². The lowest BCUT2D eigenvalue weighted by Gasteiger charge is -2.08. The van der Waals surface area contributed by atoms with E-state index in [0.717, 1.165) is 24.0 Å². The van der Waals surface area contributed by atoms with E-state index in [1.54, 1.807) is 19.5 Å². The summed E-state index contributed by atoms with van der Waals surface area (Å²) in [6.45, 7) is 0.794. The molecule has 1 aromatic heterocycles. The third-order valence-electron chi connectivity index (χ3n) is 2.14. The summed E-state index contributed by atoms with van der Waals surface area (Å²) >= 11 is 0. The van der Waals surface area contributed by atoms with Crippen molar-refractivity contribution in [1.29, 1.82) is 0 Å². The van der Waals surface area contributed by atoms with Crippen LogP contribution in [-0.2, 0) is 0 Å². The van der Waals surface area contributed by atoms with Crippen molar-refractivity contribution < 1.29 is 9.47 Å². The van der Waals surface area contributed by atoms with Gasteiger partial charge in [0.25, 0.3) is 0 Å². The smallest absolute Gasteiger partial charge is 0.179 e. The van der Waals surface area contributed by atoms with Crippen molar-refractivity contribution in [3.63, 3.8) is 0 Å². The van der Waals surface area contributed by atoms with Crippen molar-refractivity contribution in [2.45, 2.75) is 12.8 Å². The Bertz CT molecular complexity index is 284. The molecule has 0 bridgehead atoms. The van der Waals surface area contributed by atoms with Crippen molar-refractivity contribution in [3.05, 3.63) is 18.5 Å².